The summed E-state index contributed by atoms with van der Waals surface area (Å²) >= 11 is 0. The van der Waals surface area contributed by atoms with Gasteiger partial charge in [-0.1, -0.05) is 12.1 Å². The first-order chi connectivity index (χ1) is 7.15. The molecule has 0 aliphatic rings. The summed E-state index contributed by atoms with van der Waals surface area (Å²) in [7, 11) is 0. The Kier molecular flexibility index (Phi) is 3.58. The Balaban J connectivity index is 2.83. The van der Waals surface area contributed by atoms with Gasteiger partial charge in [-0.05, 0) is 19.1 Å². The molecule has 0 saturated carbocycles. The normalized spacial score (nSPS) is 9.07. The van der Waals surface area contributed by atoms with Crippen molar-refractivity contribution in [1.82, 2.24) is 0 Å². The van der Waals surface area contributed by atoms with E-state index in [1.165, 1.54) is 19.1 Å². The van der Waals surface area contributed by atoms with Crippen molar-refractivity contribution < 1.29 is 14.3 Å². The van der Waals surface area contributed by atoms with Gasteiger partial charge in [-0.3, -0.25) is 4.79 Å². The fourth-order valence-corrected chi connectivity index (χ4v) is 1.00. The smallest absolute Gasteiger partial charge is 0.339 e. The van der Waals surface area contributed by atoms with Crippen molar-refractivity contribution in [1.29, 1.82) is 5.26 Å². The molecule has 0 bridgehead atoms. The molecule has 0 aromatic heterocycles. The van der Waals surface area contributed by atoms with E-state index in [0.29, 0.717) is 0 Å². The van der Waals surface area contributed by atoms with Crippen LogP contribution in [0.1, 0.15) is 22.8 Å². The van der Waals surface area contributed by atoms with Crippen LogP contribution < -0.4 is 0 Å². The van der Waals surface area contributed by atoms with Gasteiger partial charge in [-0.25, -0.2) is 4.79 Å². The van der Waals surface area contributed by atoms with Crippen LogP contribution in [0.25, 0.3) is 0 Å². The Labute approximate surface area is 87.1 Å². The minimum atomic E-state index is -0.651. The van der Waals surface area contributed by atoms with Gasteiger partial charge in [-0.15, -0.1) is 0 Å². The molecule has 4 nitrogen and oxygen atoms in total. The second-order valence-corrected chi connectivity index (χ2v) is 2.94. The van der Waals surface area contributed by atoms with E-state index in [4.69, 9.17) is 10.00 Å². The molecule has 15 heavy (non-hydrogen) atoms. The van der Waals surface area contributed by atoms with Crippen LogP contribution in [-0.2, 0) is 9.53 Å². The Hall–Kier alpha value is -2.15. The van der Waals surface area contributed by atoms with Crippen molar-refractivity contribution in [3.8, 4) is 6.07 Å². The maximum Gasteiger partial charge on any atom is 0.339 e. The molecule has 0 N–H and O–H groups in total. The standard InChI is InChI=1S/C11H9NO3/c1-8(13)7-15-11(14)10-5-3-2-4-9(10)6-12/h2-5H,7H2,1H3. The zero-order chi connectivity index (χ0) is 11.3. The Morgan fingerprint density at radius 1 is 1.40 bits per heavy atom. The van der Waals surface area contributed by atoms with E-state index in [0.717, 1.165) is 0 Å². The number of ether oxygens (including phenoxy) is 1. The van der Waals surface area contributed by atoms with Crippen LogP contribution in [0.3, 0.4) is 0 Å². The van der Waals surface area contributed by atoms with E-state index in [2.05, 4.69) is 0 Å². The molecule has 1 aromatic carbocycles. The number of esters is 1. The van der Waals surface area contributed by atoms with Crippen LogP contribution in [0.2, 0.25) is 0 Å². The molecule has 0 amide bonds. The van der Waals surface area contributed by atoms with Crippen LogP contribution in [0.15, 0.2) is 24.3 Å². The zero-order valence-corrected chi connectivity index (χ0v) is 8.19. The molecule has 0 saturated heterocycles. The largest absolute Gasteiger partial charge is 0.454 e. The predicted molar refractivity (Wildman–Crippen MR) is 52.1 cm³/mol. The van der Waals surface area contributed by atoms with E-state index in [9.17, 15) is 9.59 Å². The van der Waals surface area contributed by atoms with Gasteiger partial charge in [0.2, 0.25) is 0 Å². The number of rotatable bonds is 3. The SMILES string of the molecule is CC(=O)COC(=O)c1ccccc1C#N. The summed E-state index contributed by atoms with van der Waals surface area (Å²) < 4.78 is 4.69. The minimum Gasteiger partial charge on any atom is -0.454 e. The van der Waals surface area contributed by atoms with Gasteiger partial charge in [0.1, 0.15) is 12.7 Å². The molecule has 0 fully saturated rings. The van der Waals surface area contributed by atoms with Crippen molar-refractivity contribution in [2.75, 3.05) is 6.61 Å². The highest BCUT2D eigenvalue weighted by Gasteiger charge is 2.12. The second kappa shape index (κ2) is 4.91. The highest BCUT2D eigenvalue weighted by atomic mass is 16.5. The summed E-state index contributed by atoms with van der Waals surface area (Å²) in [6.45, 7) is 1.06. The number of hydrogen-bond donors (Lipinski definition) is 0. The number of nitriles is 1. The van der Waals surface area contributed by atoms with Gasteiger partial charge in [0.05, 0.1) is 11.1 Å². The zero-order valence-electron chi connectivity index (χ0n) is 8.19. The lowest BCUT2D eigenvalue weighted by Crippen LogP contribution is -2.12. The molecule has 1 rings (SSSR count). The molecule has 0 aliphatic heterocycles. The Bertz CT molecular complexity index is 432. The first-order valence-electron chi connectivity index (χ1n) is 4.31. The molecule has 0 heterocycles. The van der Waals surface area contributed by atoms with Crippen LogP contribution in [0.4, 0.5) is 0 Å². The Morgan fingerprint density at radius 3 is 2.67 bits per heavy atom. The average molecular weight is 203 g/mol. The fourth-order valence-electron chi connectivity index (χ4n) is 1.00. The number of Topliss-reactive ketones (excluding diaryl/α,β-unsaturated/α-hetero) is 1. The molecule has 1 aromatic rings. The van der Waals surface area contributed by atoms with Crippen LogP contribution in [-0.4, -0.2) is 18.4 Å². The van der Waals surface area contributed by atoms with E-state index in [1.807, 2.05) is 6.07 Å². The molecule has 76 valence electrons. The summed E-state index contributed by atoms with van der Waals surface area (Å²) in [6.07, 6.45) is 0. The maximum absolute atomic E-state index is 11.4. The minimum absolute atomic E-state index is 0.182. The number of carbonyl (C=O) groups excluding carboxylic acids is 2. The molecular weight excluding hydrogens is 194 g/mol. The van der Waals surface area contributed by atoms with Crippen molar-refractivity contribution in [3.63, 3.8) is 0 Å². The number of nitrogens with zero attached hydrogens (tertiary/aromatic N) is 1. The van der Waals surface area contributed by atoms with Crippen LogP contribution >= 0.6 is 0 Å². The Morgan fingerprint density at radius 2 is 2.07 bits per heavy atom. The maximum atomic E-state index is 11.4. The topological polar surface area (TPSA) is 67.2 Å². The van der Waals surface area contributed by atoms with Crippen molar-refractivity contribution in [3.05, 3.63) is 35.4 Å². The van der Waals surface area contributed by atoms with Gasteiger partial charge < -0.3 is 4.74 Å². The summed E-state index contributed by atoms with van der Waals surface area (Å²) in [6, 6.07) is 8.17. The third kappa shape index (κ3) is 2.92. The van der Waals surface area contributed by atoms with E-state index >= 15 is 0 Å². The molecule has 4 heteroatoms. The van der Waals surface area contributed by atoms with Crippen molar-refractivity contribution >= 4 is 11.8 Å². The second-order valence-electron chi connectivity index (χ2n) is 2.94. The lowest BCUT2D eigenvalue weighted by molar-refractivity contribution is -0.120. The average Bonchev–Trinajstić information content (AvgIpc) is 2.25. The molecule has 0 atom stereocenters. The van der Waals surface area contributed by atoms with Crippen molar-refractivity contribution in [2.24, 2.45) is 0 Å². The van der Waals surface area contributed by atoms with E-state index in [1.54, 1.807) is 12.1 Å². The number of carbonyl (C=O) groups is 2. The lowest BCUT2D eigenvalue weighted by Gasteiger charge is -2.03. The number of hydrogen-bond acceptors (Lipinski definition) is 4. The van der Waals surface area contributed by atoms with E-state index < -0.39 is 5.97 Å². The van der Waals surface area contributed by atoms with Gasteiger partial charge in [0.15, 0.2) is 5.78 Å². The van der Waals surface area contributed by atoms with Crippen LogP contribution in [0.5, 0.6) is 0 Å². The van der Waals surface area contributed by atoms with Gasteiger partial charge >= 0.3 is 5.97 Å². The first-order valence-corrected chi connectivity index (χ1v) is 4.31. The molecule has 0 spiro atoms. The molecule has 0 aliphatic carbocycles. The lowest BCUT2D eigenvalue weighted by atomic mass is 10.1. The predicted octanol–water partition coefficient (Wildman–Crippen LogP) is 1.30. The summed E-state index contributed by atoms with van der Waals surface area (Å²) in [5, 5.41) is 8.72. The summed E-state index contributed by atoms with van der Waals surface area (Å²) in [4.78, 5) is 22.0. The highest BCUT2D eigenvalue weighted by Crippen LogP contribution is 2.08. The molecule has 0 radical (unpaired) electrons. The van der Waals surface area contributed by atoms with Gasteiger partial charge in [0, 0.05) is 0 Å². The first kappa shape index (κ1) is 10.9. The molecule has 0 unspecified atom stereocenters. The van der Waals surface area contributed by atoms with E-state index in [-0.39, 0.29) is 23.5 Å². The van der Waals surface area contributed by atoms with Crippen LogP contribution in [0, 0.1) is 11.3 Å². The van der Waals surface area contributed by atoms with Gasteiger partial charge in [0.25, 0.3) is 0 Å². The third-order valence-corrected chi connectivity index (χ3v) is 1.67. The third-order valence-electron chi connectivity index (χ3n) is 1.67. The van der Waals surface area contributed by atoms with Crippen molar-refractivity contribution in [2.45, 2.75) is 6.92 Å². The quantitative estimate of drug-likeness (QED) is 0.694. The number of ketones is 1. The summed E-state index contributed by atoms with van der Waals surface area (Å²) in [5.74, 6) is -0.889. The highest BCUT2D eigenvalue weighted by molar-refractivity contribution is 5.93. The van der Waals surface area contributed by atoms with Gasteiger partial charge in [-0.2, -0.15) is 5.26 Å². The molecular formula is C11H9NO3. The monoisotopic (exact) mass is 203 g/mol. The fraction of sp³-hybridized carbons (Fsp3) is 0.182. The summed E-state index contributed by atoms with van der Waals surface area (Å²) in [5.41, 5.74) is 0.423. The number of benzene rings is 1.